The summed E-state index contributed by atoms with van der Waals surface area (Å²) in [6, 6.07) is 93.0. The van der Waals surface area contributed by atoms with E-state index in [1.807, 2.05) is 0 Å². The third-order valence-electron chi connectivity index (χ3n) is 12.8. The van der Waals surface area contributed by atoms with Crippen LogP contribution >= 0.6 is 0 Å². The van der Waals surface area contributed by atoms with Crippen molar-refractivity contribution in [3.05, 3.63) is 261 Å². The van der Waals surface area contributed by atoms with E-state index in [0.29, 0.717) is 0 Å². The molecule has 0 aliphatic rings. The van der Waals surface area contributed by atoms with Crippen LogP contribution in [0.4, 0.5) is 0 Å². The lowest BCUT2D eigenvalue weighted by molar-refractivity contribution is 0.979. The number of rotatable bonds is 9. The molecule has 0 radical (unpaired) electrons. The highest BCUT2D eigenvalue weighted by Crippen LogP contribution is 2.42. The van der Waals surface area contributed by atoms with Gasteiger partial charge in [-0.05, 0) is 85.8 Å². The number of aromatic nitrogens is 3. The van der Waals surface area contributed by atoms with Crippen LogP contribution in [0.2, 0.25) is 0 Å². The molecule has 0 aliphatic heterocycles. The number of fused-ring (bicyclic) bond motifs is 3. The van der Waals surface area contributed by atoms with Gasteiger partial charge in [0.25, 0.3) is 0 Å². The summed E-state index contributed by atoms with van der Waals surface area (Å²) in [6.07, 6.45) is 0. The minimum absolute atomic E-state index is 0.926. The van der Waals surface area contributed by atoms with E-state index in [1.54, 1.807) is 0 Å². The Morgan fingerprint density at radius 2 is 0.672 bits per heavy atom. The van der Waals surface area contributed by atoms with Crippen molar-refractivity contribution < 1.29 is 0 Å². The Bertz CT molecular complexity index is 3580. The van der Waals surface area contributed by atoms with Crippen LogP contribution in [-0.2, 0) is 0 Å². The normalized spacial score (nSPS) is 11.3. The zero-order valence-electron chi connectivity index (χ0n) is 36.7. The summed E-state index contributed by atoms with van der Waals surface area (Å²) < 4.78 is 2.17. The number of pyridine rings is 2. The molecular weight excluding hydrogens is 811 g/mol. The molecule has 0 saturated carbocycles. The summed E-state index contributed by atoms with van der Waals surface area (Å²) in [5.41, 5.74) is 20.7. The smallest absolute Gasteiger partial charge is 0.101 e. The lowest BCUT2D eigenvalue weighted by Crippen LogP contribution is -1.96. The Balaban J connectivity index is 1.01. The van der Waals surface area contributed by atoms with Gasteiger partial charge in [0.1, 0.15) is 5.69 Å². The van der Waals surface area contributed by atoms with E-state index >= 15 is 0 Å². The monoisotopic (exact) mass is 853 g/mol. The topological polar surface area (TPSA) is 30.2 Å². The molecule has 3 nitrogen and oxygen atoms in total. The quantitative estimate of drug-likeness (QED) is 0.145. The molecule has 0 spiro atoms. The highest BCUT2D eigenvalue weighted by atomic mass is 15.2. The first kappa shape index (κ1) is 39.7. The average molecular weight is 854 g/mol. The standard InChI is InChI=1S/C64H43N3/c1-6-17-44(18-7-1)46-29-33-48(34-30-46)59-41-57(42-60(65-59)49-35-31-47(32-36-49)45-19-8-2-9-20-45)54-28-16-27-53(39-54)55-37-38-56-43-61(50-21-10-3-11-22-50)67-64(58(56)40-55)62(51-23-12-4-13-24-51)63(66-67)52-25-14-5-15-26-52/h1-43H. The van der Waals surface area contributed by atoms with Gasteiger partial charge in [-0.15, -0.1) is 0 Å². The fourth-order valence-electron chi connectivity index (χ4n) is 9.41. The van der Waals surface area contributed by atoms with Crippen molar-refractivity contribution in [1.29, 1.82) is 0 Å². The second-order valence-corrected chi connectivity index (χ2v) is 17.0. The summed E-state index contributed by atoms with van der Waals surface area (Å²) in [5, 5.41) is 7.76. The maximum atomic E-state index is 5.46. The summed E-state index contributed by atoms with van der Waals surface area (Å²) in [7, 11) is 0. The van der Waals surface area contributed by atoms with Crippen LogP contribution in [0.3, 0.4) is 0 Å². The zero-order chi connectivity index (χ0) is 44.5. The molecule has 67 heavy (non-hydrogen) atoms. The predicted molar refractivity (Wildman–Crippen MR) is 279 cm³/mol. The van der Waals surface area contributed by atoms with Gasteiger partial charge >= 0.3 is 0 Å². The average Bonchev–Trinajstić information content (AvgIpc) is 3.83. The summed E-state index contributed by atoms with van der Waals surface area (Å²) >= 11 is 0. The largest absolute Gasteiger partial charge is 0.248 e. The number of hydrogen-bond acceptors (Lipinski definition) is 2. The molecule has 9 aromatic carbocycles. The van der Waals surface area contributed by atoms with Gasteiger partial charge in [-0.3, -0.25) is 0 Å². The van der Waals surface area contributed by atoms with Gasteiger partial charge in [-0.2, -0.15) is 5.10 Å². The zero-order valence-corrected chi connectivity index (χ0v) is 36.7. The second kappa shape index (κ2) is 17.2. The van der Waals surface area contributed by atoms with Crippen molar-refractivity contribution in [3.63, 3.8) is 0 Å². The third kappa shape index (κ3) is 7.69. The van der Waals surface area contributed by atoms with E-state index in [4.69, 9.17) is 10.1 Å². The molecule has 0 saturated heterocycles. The number of hydrogen-bond donors (Lipinski definition) is 0. The van der Waals surface area contributed by atoms with Gasteiger partial charge in [0, 0.05) is 33.2 Å². The number of benzene rings is 9. The second-order valence-electron chi connectivity index (χ2n) is 17.0. The maximum absolute atomic E-state index is 5.46. The van der Waals surface area contributed by atoms with E-state index < -0.39 is 0 Å². The summed E-state index contributed by atoms with van der Waals surface area (Å²) in [5.74, 6) is 0. The first-order chi connectivity index (χ1) is 33.2. The van der Waals surface area contributed by atoms with Crippen molar-refractivity contribution in [2.45, 2.75) is 0 Å². The van der Waals surface area contributed by atoms with Crippen molar-refractivity contribution in [3.8, 4) is 101 Å². The Labute approximate surface area is 390 Å². The van der Waals surface area contributed by atoms with Crippen LogP contribution < -0.4 is 0 Å². The van der Waals surface area contributed by atoms with Gasteiger partial charge in [-0.25, -0.2) is 9.50 Å². The lowest BCUT2D eigenvalue weighted by Gasteiger charge is -2.14. The Hall–Kier alpha value is -8.92. The highest BCUT2D eigenvalue weighted by Gasteiger charge is 2.22. The van der Waals surface area contributed by atoms with Gasteiger partial charge in [0.2, 0.25) is 0 Å². The van der Waals surface area contributed by atoms with Crippen molar-refractivity contribution in [2.24, 2.45) is 0 Å². The van der Waals surface area contributed by atoms with Crippen LogP contribution in [0, 0.1) is 0 Å². The number of nitrogens with zero attached hydrogens (tertiary/aromatic N) is 3. The molecule has 3 heterocycles. The molecule has 0 atom stereocenters. The van der Waals surface area contributed by atoms with Crippen LogP contribution in [0.1, 0.15) is 0 Å². The first-order valence-electron chi connectivity index (χ1n) is 22.8. The molecule has 12 rings (SSSR count). The molecular formula is C64H43N3. The van der Waals surface area contributed by atoms with E-state index in [0.717, 1.165) is 94.7 Å². The Morgan fingerprint density at radius 3 is 1.21 bits per heavy atom. The Morgan fingerprint density at radius 1 is 0.269 bits per heavy atom. The highest BCUT2D eigenvalue weighted by molar-refractivity contribution is 6.09. The van der Waals surface area contributed by atoms with E-state index in [2.05, 4.69) is 265 Å². The molecule has 0 bridgehead atoms. The van der Waals surface area contributed by atoms with E-state index in [1.165, 1.54) is 22.3 Å². The fourth-order valence-corrected chi connectivity index (χ4v) is 9.41. The summed E-state index contributed by atoms with van der Waals surface area (Å²) in [6.45, 7) is 0. The van der Waals surface area contributed by atoms with E-state index in [9.17, 15) is 0 Å². The molecule has 314 valence electrons. The Kier molecular flexibility index (Phi) is 10.2. The third-order valence-corrected chi connectivity index (χ3v) is 12.8. The molecule has 0 unspecified atom stereocenters. The predicted octanol–water partition coefficient (Wildman–Crippen LogP) is 16.9. The molecule has 0 aliphatic carbocycles. The van der Waals surface area contributed by atoms with Crippen LogP contribution in [-0.4, -0.2) is 14.6 Å². The van der Waals surface area contributed by atoms with Crippen LogP contribution in [0.5, 0.6) is 0 Å². The minimum atomic E-state index is 0.926. The minimum Gasteiger partial charge on any atom is -0.248 e. The molecule has 0 N–H and O–H groups in total. The van der Waals surface area contributed by atoms with Gasteiger partial charge < -0.3 is 0 Å². The fraction of sp³-hybridized carbons (Fsp3) is 0. The van der Waals surface area contributed by atoms with Crippen molar-refractivity contribution in [2.75, 3.05) is 0 Å². The van der Waals surface area contributed by atoms with Gasteiger partial charge in [-0.1, -0.05) is 231 Å². The molecule has 0 amide bonds. The molecule has 3 aromatic heterocycles. The first-order valence-corrected chi connectivity index (χ1v) is 22.8. The molecule has 12 aromatic rings. The van der Waals surface area contributed by atoms with Gasteiger partial charge in [0.15, 0.2) is 0 Å². The molecule has 3 heteroatoms. The SMILES string of the molecule is c1ccc(-c2ccc(-c3cc(-c4cccc(-c5ccc6cc(-c7ccccc7)n7nc(-c8ccccc8)c(-c8ccccc8)c7c6c5)c4)cc(-c4ccc(-c5ccccc5)cc4)n3)cc2)cc1. The van der Waals surface area contributed by atoms with E-state index in [-0.39, 0.29) is 0 Å². The summed E-state index contributed by atoms with van der Waals surface area (Å²) in [4.78, 5) is 5.33. The van der Waals surface area contributed by atoms with Crippen LogP contribution in [0.15, 0.2) is 261 Å². The van der Waals surface area contributed by atoms with Gasteiger partial charge in [0.05, 0.1) is 22.6 Å². The van der Waals surface area contributed by atoms with Crippen molar-refractivity contribution >= 4 is 16.3 Å². The lowest BCUT2D eigenvalue weighted by atomic mass is 9.93. The van der Waals surface area contributed by atoms with Crippen molar-refractivity contribution in [1.82, 2.24) is 14.6 Å². The maximum Gasteiger partial charge on any atom is 0.101 e. The molecule has 0 fully saturated rings. The van der Waals surface area contributed by atoms with Crippen LogP contribution in [0.25, 0.3) is 117 Å².